The number of hydrogen-bond donors (Lipinski definition) is 1. The number of pyridine rings is 1. The van der Waals surface area contributed by atoms with Crippen molar-refractivity contribution >= 4 is 5.71 Å². The van der Waals surface area contributed by atoms with Gasteiger partial charge in [-0.25, -0.2) is 0 Å². The first-order valence-corrected chi connectivity index (χ1v) is 4.77. The second-order valence-corrected chi connectivity index (χ2v) is 4.56. The van der Waals surface area contributed by atoms with Crippen LogP contribution >= 0.6 is 0 Å². The third-order valence-electron chi connectivity index (χ3n) is 2.61. The zero-order valence-electron chi connectivity index (χ0n) is 8.49. The largest absolute Gasteiger partial charge is 0.411 e. The SMILES string of the molecule is CC1(C)C/C(=N\O)c2cccnc2C1. The van der Waals surface area contributed by atoms with Gasteiger partial charge in [-0.05, 0) is 30.4 Å². The van der Waals surface area contributed by atoms with Crippen LogP contribution in [0.1, 0.15) is 31.5 Å². The number of hydrogen-bond acceptors (Lipinski definition) is 3. The highest BCUT2D eigenvalue weighted by Gasteiger charge is 2.30. The van der Waals surface area contributed by atoms with Crippen LogP contribution in [0, 0.1) is 5.41 Å². The smallest absolute Gasteiger partial charge is 0.0891 e. The summed E-state index contributed by atoms with van der Waals surface area (Å²) < 4.78 is 0. The third-order valence-corrected chi connectivity index (χ3v) is 2.61. The van der Waals surface area contributed by atoms with Crippen LogP contribution in [0.15, 0.2) is 23.5 Å². The van der Waals surface area contributed by atoms with Gasteiger partial charge in [0.25, 0.3) is 0 Å². The summed E-state index contributed by atoms with van der Waals surface area (Å²) in [7, 11) is 0. The van der Waals surface area contributed by atoms with Gasteiger partial charge < -0.3 is 5.21 Å². The van der Waals surface area contributed by atoms with Gasteiger partial charge >= 0.3 is 0 Å². The fourth-order valence-corrected chi connectivity index (χ4v) is 2.00. The van der Waals surface area contributed by atoms with Crippen LogP contribution in [-0.4, -0.2) is 15.9 Å². The average molecular weight is 190 g/mol. The standard InChI is InChI=1S/C11H14N2O/c1-11(2)6-9-8(4-3-5-12-9)10(7-11)13-14/h3-5,14H,6-7H2,1-2H3/b13-10+. The summed E-state index contributed by atoms with van der Waals surface area (Å²) in [5.74, 6) is 0. The molecule has 0 fully saturated rings. The lowest BCUT2D eigenvalue weighted by molar-refractivity contribution is 0.306. The van der Waals surface area contributed by atoms with E-state index in [-0.39, 0.29) is 5.41 Å². The van der Waals surface area contributed by atoms with Gasteiger partial charge in [-0.3, -0.25) is 4.98 Å². The first-order chi connectivity index (χ1) is 6.62. The average Bonchev–Trinajstić information content (AvgIpc) is 2.15. The predicted octanol–water partition coefficient (Wildman–Crippen LogP) is 2.23. The maximum Gasteiger partial charge on any atom is 0.0891 e. The van der Waals surface area contributed by atoms with Crippen molar-refractivity contribution in [3.8, 4) is 0 Å². The molecule has 1 heterocycles. The van der Waals surface area contributed by atoms with Gasteiger partial charge in [0.1, 0.15) is 0 Å². The molecule has 1 aliphatic carbocycles. The fourth-order valence-electron chi connectivity index (χ4n) is 2.00. The van der Waals surface area contributed by atoms with Gasteiger partial charge in [-0.15, -0.1) is 0 Å². The maximum absolute atomic E-state index is 8.93. The molecule has 0 atom stereocenters. The molecular formula is C11H14N2O. The molecule has 0 aliphatic heterocycles. The normalized spacial score (nSPS) is 22.0. The summed E-state index contributed by atoms with van der Waals surface area (Å²) in [6, 6.07) is 3.84. The van der Waals surface area contributed by atoms with Gasteiger partial charge in [-0.1, -0.05) is 19.0 Å². The van der Waals surface area contributed by atoms with Gasteiger partial charge in [0, 0.05) is 11.8 Å². The van der Waals surface area contributed by atoms with E-state index in [2.05, 4.69) is 24.0 Å². The van der Waals surface area contributed by atoms with Crippen molar-refractivity contribution in [2.24, 2.45) is 10.6 Å². The quantitative estimate of drug-likeness (QED) is 0.503. The van der Waals surface area contributed by atoms with E-state index in [1.807, 2.05) is 12.1 Å². The summed E-state index contributed by atoms with van der Waals surface area (Å²) in [6.45, 7) is 4.32. The Morgan fingerprint density at radius 1 is 1.43 bits per heavy atom. The molecule has 74 valence electrons. The number of fused-ring (bicyclic) bond motifs is 1. The molecule has 3 heteroatoms. The zero-order valence-corrected chi connectivity index (χ0v) is 8.49. The molecule has 1 aliphatic rings. The van der Waals surface area contributed by atoms with Crippen molar-refractivity contribution in [1.82, 2.24) is 4.98 Å². The Balaban J connectivity index is 2.52. The van der Waals surface area contributed by atoms with E-state index in [4.69, 9.17) is 5.21 Å². The minimum absolute atomic E-state index is 0.142. The lowest BCUT2D eigenvalue weighted by Crippen LogP contribution is -2.28. The molecule has 0 bridgehead atoms. The maximum atomic E-state index is 8.93. The second-order valence-electron chi connectivity index (χ2n) is 4.56. The van der Waals surface area contributed by atoms with E-state index in [1.165, 1.54) is 0 Å². The molecule has 3 nitrogen and oxygen atoms in total. The number of oxime groups is 1. The monoisotopic (exact) mass is 190 g/mol. The number of nitrogens with zero attached hydrogens (tertiary/aromatic N) is 2. The molecule has 0 saturated heterocycles. The van der Waals surface area contributed by atoms with E-state index >= 15 is 0 Å². The molecule has 0 amide bonds. The first kappa shape index (κ1) is 9.19. The van der Waals surface area contributed by atoms with Gasteiger partial charge in [-0.2, -0.15) is 0 Å². The van der Waals surface area contributed by atoms with Crippen molar-refractivity contribution in [3.63, 3.8) is 0 Å². The summed E-state index contributed by atoms with van der Waals surface area (Å²) >= 11 is 0. The Labute approximate surface area is 83.5 Å². The van der Waals surface area contributed by atoms with Crippen LogP contribution < -0.4 is 0 Å². The summed E-state index contributed by atoms with van der Waals surface area (Å²) in [5, 5.41) is 12.3. The lowest BCUT2D eigenvalue weighted by atomic mass is 9.75. The fraction of sp³-hybridized carbons (Fsp3) is 0.455. The van der Waals surface area contributed by atoms with Crippen LogP contribution in [-0.2, 0) is 6.42 Å². The minimum Gasteiger partial charge on any atom is -0.411 e. The van der Waals surface area contributed by atoms with Crippen LogP contribution in [0.4, 0.5) is 0 Å². The zero-order chi connectivity index (χ0) is 10.2. The second kappa shape index (κ2) is 3.08. The van der Waals surface area contributed by atoms with Crippen LogP contribution in [0.5, 0.6) is 0 Å². The Bertz CT molecular complexity index is 383. The van der Waals surface area contributed by atoms with Gasteiger partial charge in [0.15, 0.2) is 0 Å². The molecule has 0 radical (unpaired) electrons. The Kier molecular flexibility index (Phi) is 2.02. The molecular weight excluding hydrogens is 176 g/mol. The molecule has 14 heavy (non-hydrogen) atoms. The van der Waals surface area contributed by atoms with E-state index in [1.54, 1.807) is 6.20 Å². The van der Waals surface area contributed by atoms with Gasteiger partial charge in [0.2, 0.25) is 0 Å². The third kappa shape index (κ3) is 1.50. The highest BCUT2D eigenvalue weighted by Crippen LogP contribution is 2.33. The Morgan fingerprint density at radius 2 is 2.21 bits per heavy atom. The lowest BCUT2D eigenvalue weighted by Gasteiger charge is -2.30. The predicted molar refractivity (Wildman–Crippen MR) is 54.7 cm³/mol. The topological polar surface area (TPSA) is 45.5 Å². The molecule has 0 aromatic carbocycles. The summed E-state index contributed by atoms with van der Waals surface area (Å²) in [5.41, 5.74) is 2.93. The summed E-state index contributed by atoms with van der Waals surface area (Å²) in [4.78, 5) is 4.32. The molecule has 0 saturated carbocycles. The molecule has 1 aromatic heterocycles. The van der Waals surface area contributed by atoms with Crippen molar-refractivity contribution in [3.05, 3.63) is 29.6 Å². The van der Waals surface area contributed by atoms with Crippen molar-refractivity contribution in [2.45, 2.75) is 26.7 Å². The van der Waals surface area contributed by atoms with E-state index < -0.39 is 0 Å². The Hall–Kier alpha value is -1.38. The molecule has 1 aromatic rings. The van der Waals surface area contributed by atoms with Crippen LogP contribution in [0.3, 0.4) is 0 Å². The van der Waals surface area contributed by atoms with E-state index in [0.29, 0.717) is 0 Å². The van der Waals surface area contributed by atoms with Crippen molar-refractivity contribution < 1.29 is 5.21 Å². The van der Waals surface area contributed by atoms with E-state index in [0.717, 1.165) is 29.8 Å². The minimum atomic E-state index is 0.142. The Morgan fingerprint density at radius 3 is 2.93 bits per heavy atom. The number of aromatic nitrogens is 1. The first-order valence-electron chi connectivity index (χ1n) is 4.77. The molecule has 2 rings (SSSR count). The highest BCUT2D eigenvalue weighted by molar-refractivity contribution is 6.02. The van der Waals surface area contributed by atoms with Crippen LogP contribution in [0.25, 0.3) is 0 Å². The van der Waals surface area contributed by atoms with E-state index in [9.17, 15) is 0 Å². The highest BCUT2D eigenvalue weighted by atomic mass is 16.4. The van der Waals surface area contributed by atoms with Crippen LogP contribution in [0.2, 0.25) is 0 Å². The van der Waals surface area contributed by atoms with Crippen molar-refractivity contribution in [1.29, 1.82) is 0 Å². The van der Waals surface area contributed by atoms with Crippen molar-refractivity contribution in [2.75, 3.05) is 0 Å². The molecule has 0 spiro atoms. The number of rotatable bonds is 0. The summed E-state index contributed by atoms with van der Waals surface area (Å²) in [6.07, 6.45) is 3.54. The van der Waals surface area contributed by atoms with Gasteiger partial charge in [0.05, 0.1) is 11.4 Å². The molecule has 0 unspecified atom stereocenters. The molecule has 1 N–H and O–H groups in total.